The molecule has 0 N–H and O–H groups in total. The van der Waals surface area contributed by atoms with Crippen LogP contribution in [0.15, 0.2) is 0 Å². The van der Waals surface area contributed by atoms with Gasteiger partial charge in [0.1, 0.15) is 0 Å². The average Bonchev–Trinajstić information content (AvgIpc) is 2.16. The SMILES string of the molecule is [CH2-]N1CCC2(CC1)CCN(C)CC2. The second-order valence-corrected chi connectivity index (χ2v) is 4.92. The first kappa shape index (κ1) is 9.47. The van der Waals surface area contributed by atoms with Crippen LogP contribution in [0.5, 0.6) is 0 Å². The molecule has 0 radical (unpaired) electrons. The Hall–Kier alpha value is -0.0800. The quantitative estimate of drug-likeness (QED) is 0.524. The number of rotatable bonds is 0. The standard InChI is InChI=1S/C11H21N2/c1-12-7-3-11(4-8-12)5-9-13(2)10-6-11/h1,3-10H2,2H3/q-1. The topological polar surface area (TPSA) is 6.48 Å². The lowest BCUT2D eigenvalue weighted by atomic mass is 9.71. The van der Waals surface area contributed by atoms with Crippen LogP contribution in [-0.2, 0) is 0 Å². The molecule has 0 saturated carbocycles. The molecular formula is C11H21N2-. The Morgan fingerprint density at radius 3 is 1.92 bits per heavy atom. The second-order valence-electron chi connectivity index (χ2n) is 4.92. The van der Waals surface area contributed by atoms with Crippen molar-refractivity contribution in [3.8, 4) is 0 Å². The molecule has 0 bridgehead atoms. The van der Waals surface area contributed by atoms with E-state index < -0.39 is 0 Å². The Bertz CT molecular complexity index is 139. The lowest BCUT2D eigenvalue weighted by Crippen LogP contribution is -2.44. The average molecular weight is 181 g/mol. The van der Waals surface area contributed by atoms with Gasteiger partial charge in [-0.1, -0.05) is 0 Å². The normalized spacial score (nSPS) is 30.9. The molecule has 2 saturated heterocycles. The van der Waals surface area contributed by atoms with E-state index in [1.807, 2.05) is 0 Å². The van der Waals surface area contributed by atoms with Crippen molar-refractivity contribution >= 4 is 0 Å². The van der Waals surface area contributed by atoms with Gasteiger partial charge in [0, 0.05) is 0 Å². The van der Waals surface area contributed by atoms with E-state index >= 15 is 0 Å². The Morgan fingerprint density at radius 2 is 1.38 bits per heavy atom. The van der Waals surface area contributed by atoms with Crippen LogP contribution >= 0.6 is 0 Å². The fraction of sp³-hybridized carbons (Fsp3) is 0.909. The van der Waals surface area contributed by atoms with Crippen molar-refractivity contribution < 1.29 is 0 Å². The number of likely N-dealkylation sites (tertiary alicyclic amines) is 2. The van der Waals surface area contributed by atoms with Crippen molar-refractivity contribution in [1.29, 1.82) is 0 Å². The summed E-state index contributed by atoms with van der Waals surface area (Å²) in [5.41, 5.74) is 0.695. The predicted octanol–water partition coefficient (Wildman–Crippen LogP) is 1.59. The highest BCUT2D eigenvalue weighted by atomic mass is 15.1. The molecule has 0 aromatic rings. The maximum absolute atomic E-state index is 4.01. The van der Waals surface area contributed by atoms with Crippen LogP contribution in [0.25, 0.3) is 0 Å². The van der Waals surface area contributed by atoms with Gasteiger partial charge in [-0.2, -0.15) is 0 Å². The van der Waals surface area contributed by atoms with E-state index in [9.17, 15) is 0 Å². The van der Waals surface area contributed by atoms with Gasteiger partial charge >= 0.3 is 0 Å². The van der Waals surface area contributed by atoms with Crippen LogP contribution in [0.4, 0.5) is 0 Å². The summed E-state index contributed by atoms with van der Waals surface area (Å²) < 4.78 is 0. The Labute approximate surface area is 81.9 Å². The fourth-order valence-electron chi connectivity index (χ4n) is 2.62. The molecule has 0 aromatic carbocycles. The minimum atomic E-state index is 0.695. The predicted molar refractivity (Wildman–Crippen MR) is 55.3 cm³/mol. The van der Waals surface area contributed by atoms with E-state index in [1.54, 1.807) is 0 Å². The summed E-state index contributed by atoms with van der Waals surface area (Å²) in [5, 5.41) is 0. The van der Waals surface area contributed by atoms with E-state index in [0.717, 1.165) is 0 Å². The van der Waals surface area contributed by atoms with Crippen LogP contribution < -0.4 is 0 Å². The van der Waals surface area contributed by atoms with Crippen molar-refractivity contribution in [3.63, 3.8) is 0 Å². The maximum Gasteiger partial charge on any atom is -0.00165 e. The molecule has 0 amide bonds. The summed E-state index contributed by atoms with van der Waals surface area (Å²) >= 11 is 0. The summed E-state index contributed by atoms with van der Waals surface area (Å²) in [6, 6.07) is 0. The molecular weight excluding hydrogens is 160 g/mol. The molecule has 76 valence electrons. The largest absolute Gasteiger partial charge is 0.459 e. The van der Waals surface area contributed by atoms with Gasteiger partial charge in [0.05, 0.1) is 0 Å². The number of hydrogen-bond donors (Lipinski definition) is 0. The van der Waals surface area contributed by atoms with Crippen molar-refractivity contribution in [2.75, 3.05) is 33.2 Å². The van der Waals surface area contributed by atoms with Crippen LogP contribution in [0, 0.1) is 12.5 Å². The van der Waals surface area contributed by atoms with Crippen LogP contribution in [0.3, 0.4) is 0 Å². The first-order valence-corrected chi connectivity index (χ1v) is 5.44. The maximum atomic E-state index is 4.01. The molecule has 0 atom stereocenters. The third kappa shape index (κ3) is 2.05. The number of piperidine rings is 2. The number of nitrogens with zero attached hydrogens (tertiary/aromatic N) is 2. The molecule has 13 heavy (non-hydrogen) atoms. The zero-order chi connectivity index (χ0) is 9.31. The van der Waals surface area contributed by atoms with Gasteiger partial charge in [-0.05, 0) is 64.3 Å². The minimum Gasteiger partial charge on any atom is -0.459 e. The Balaban J connectivity index is 1.90. The molecule has 2 heterocycles. The van der Waals surface area contributed by atoms with Gasteiger partial charge in [-0.3, -0.25) is 7.05 Å². The van der Waals surface area contributed by atoms with E-state index in [2.05, 4.69) is 23.9 Å². The highest BCUT2D eigenvalue weighted by molar-refractivity contribution is 4.89. The van der Waals surface area contributed by atoms with Crippen LogP contribution in [-0.4, -0.2) is 43.0 Å². The summed E-state index contributed by atoms with van der Waals surface area (Å²) in [6.45, 7) is 5.03. The minimum absolute atomic E-state index is 0.695. The molecule has 2 nitrogen and oxygen atoms in total. The summed E-state index contributed by atoms with van der Waals surface area (Å²) in [4.78, 5) is 4.69. The third-order valence-corrected chi connectivity index (χ3v) is 3.96. The fourth-order valence-corrected chi connectivity index (χ4v) is 2.62. The molecule has 2 aliphatic heterocycles. The van der Waals surface area contributed by atoms with Crippen molar-refractivity contribution in [2.24, 2.45) is 5.41 Å². The van der Waals surface area contributed by atoms with Gasteiger partial charge in [-0.15, -0.1) is 0 Å². The summed E-state index contributed by atoms with van der Waals surface area (Å²) in [5.74, 6) is 0. The van der Waals surface area contributed by atoms with E-state index in [-0.39, 0.29) is 0 Å². The lowest BCUT2D eigenvalue weighted by molar-refractivity contribution is 0.0572. The molecule has 2 heteroatoms. The van der Waals surface area contributed by atoms with E-state index in [0.29, 0.717) is 5.41 Å². The first-order valence-electron chi connectivity index (χ1n) is 5.44. The lowest BCUT2D eigenvalue weighted by Gasteiger charge is -2.47. The molecule has 0 unspecified atom stereocenters. The zero-order valence-corrected chi connectivity index (χ0v) is 8.76. The van der Waals surface area contributed by atoms with Crippen molar-refractivity contribution in [3.05, 3.63) is 7.05 Å². The summed E-state index contributed by atoms with van der Waals surface area (Å²) in [7, 11) is 6.25. The van der Waals surface area contributed by atoms with Gasteiger partial charge in [-0.25, -0.2) is 0 Å². The molecule has 2 rings (SSSR count). The molecule has 1 spiro atoms. The van der Waals surface area contributed by atoms with Gasteiger partial charge in [0.25, 0.3) is 0 Å². The van der Waals surface area contributed by atoms with E-state index in [1.165, 1.54) is 51.9 Å². The van der Waals surface area contributed by atoms with Gasteiger partial charge < -0.3 is 9.80 Å². The van der Waals surface area contributed by atoms with Crippen LogP contribution in [0.2, 0.25) is 0 Å². The van der Waals surface area contributed by atoms with Crippen molar-refractivity contribution in [2.45, 2.75) is 25.7 Å². The number of hydrogen-bond acceptors (Lipinski definition) is 2. The molecule has 0 aromatic heterocycles. The first-order chi connectivity index (χ1) is 6.20. The van der Waals surface area contributed by atoms with Gasteiger partial charge in [0.2, 0.25) is 0 Å². The highest BCUT2D eigenvalue weighted by Crippen LogP contribution is 2.40. The highest BCUT2D eigenvalue weighted by Gasteiger charge is 2.34. The molecule has 2 aliphatic rings. The van der Waals surface area contributed by atoms with E-state index in [4.69, 9.17) is 0 Å². The third-order valence-electron chi connectivity index (χ3n) is 3.96. The van der Waals surface area contributed by atoms with Gasteiger partial charge in [0.15, 0.2) is 0 Å². The smallest absolute Gasteiger partial charge is 0.00165 e. The Morgan fingerprint density at radius 1 is 0.923 bits per heavy atom. The summed E-state index contributed by atoms with van der Waals surface area (Å²) in [6.07, 6.45) is 5.59. The zero-order valence-electron chi connectivity index (χ0n) is 8.76. The van der Waals surface area contributed by atoms with Crippen molar-refractivity contribution in [1.82, 2.24) is 9.80 Å². The van der Waals surface area contributed by atoms with Crippen LogP contribution in [0.1, 0.15) is 25.7 Å². The molecule has 0 aliphatic carbocycles. The Kier molecular flexibility index (Phi) is 2.61. The monoisotopic (exact) mass is 181 g/mol. The molecule has 2 fully saturated rings. The second kappa shape index (κ2) is 3.58.